The maximum absolute atomic E-state index is 5.60. The Morgan fingerprint density at radius 2 is 2.15 bits per heavy atom. The standard InChI is InChI=1S/C20H29N5OS/c1-3-21-20(23-15-16-7-5-11-22-19(16)26-4-2)24-17-9-12-25(13-10-17)18-8-6-14-27-18/h5-8,11,14,17H,3-4,9-10,12-13,15H2,1-2H3,(H2,21,23,24). The molecule has 7 heteroatoms. The van der Waals surface area contributed by atoms with E-state index in [1.54, 1.807) is 6.20 Å². The first kappa shape index (κ1) is 19.5. The quantitative estimate of drug-likeness (QED) is 0.564. The molecule has 0 bridgehead atoms. The molecular formula is C20H29N5OS. The van der Waals surface area contributed by atoms with Crippen molar-refractivity contribution in [1.82, 2.24) is 15.6 Å². The van der Waals surface area contributed by atoms with Crippen LogP contribution in [0.15, 0.2) is 40.8 Å². The van der Waals surface area contributed by atoms with E-state index in [0.717, 1.165) is 44.0 Å². The zero-order valence-electron chi connectivity index (χ0n) is 16.1. The maximum Gasteiger partial charge on any atom is 0.218 e. The van der Waals surface area contributed by atoms with E-state index >= 15 is 0 Å². The van der Waals surface area contributed by atoms with E-state index in [9.17, 15) is 0 Å². The zero-order valence-corrected chi connectivity index (χ0v) is 17.0. The second-order valence-corrected chi connectivity index (χ2v) is 7.38. The largest absolute Gasteiger partial charge is 0.478 e. The first-order valence-electron chi connectivity index (χ1n) is 9.70. The van der Waals surface area contributed by atoms with Crippen molar-refractivity contribution in [2.24, 2.45) is 4.99 Å². The fraction of sp³-hybridized carbons (Fsp3) is 0.500. The van der Waals surface area contributed by atoms with Gasteiger partial charge in [0.25, 0.3) is 0 Å². The molecule has 0 unspecified atom stereocenters. The van der Waals surface area contributed by atoms with Crippen LogP contribution in [-0.4, -0.2) is 43.2 Å². The summed E-state index contributed by atoms with van der Waals surface area (Å²) in [6.07, 6.45) is 3.97. The number of guanidine groups is 1. The van der Waals surface area contributed by atoms with Crippen molar-refractivity contribution in [3.63, 3.8) is 0 Å². The van der Waals surface area contributed by atoms with Crippen molar-refractivity contribution in [3.05, 3.63) is 41.4 Å². The third kappa shape index (κ3) is 5.60. The van der Waals surface area contributed by atoms with Gasteiger partial charge in [-0.05, 0) is 50.3 Å². The highest BCUT2D eigenvalue weighted by Gasteiger charge is 2.20. The number of rotatable bonds is 7. The van der Waals surface area contributed by atoms with E-state index < -0.39 is 0 Å². The molecule has 2 aromatic rings. The number of pyridine rings is 1. The molecule has 1 fully saturated rings. The molecule has 0 atom stereocenters. The molecule has 1 aliphatic heterocycles. The molecule has 0 saturated carbocycles. The summed E-state index contributed by atoms with van der Waals surface area (Å²) in [5.74, 6) is 1.53. The van der Waals surface area contributed by atoms with Gasteiger partial charge < -0.3 is 20.3 Å². The number of thiophene rings is 1. The van der Waals surface area contributed by atoms with E-state index in [4.69, 9.17) is 9.73 Å². The molecule has 146 valence electrons. The van der Waals surface area contributed by atoms with Gasteiger partial charge in [-0.2, -0.15) is 0 Å². The normalized spacial score (nSPS) is 15.6. The number of anilines is 1. The van der Waals surface area contributed by atoms with Crippen LogP contribution in [0.3, 0.4) is 0 Å². The van der Waals surface area contributed by atoms with Crippen molar-refractivity contribution in [1.29, 1.82) is 0 Å². The van der Waals surface area contributed by atoms with E-state index in [0.29, 0.717) is 25.1 Å². The summed E-state index contributed by atoms with van der Waals surface area (Å²) >= 11 is 1.82. The highest BCUT2D eigenvalue weighted by Crippen LogP contribution is 2.24. The number of nitrogens with zero attached hydrogens (tertiary/aromatic N) is 3. The minimum Gasteiger partial charge on any atom is -0.478 e. The highest BCUT2D eigenvalue weighted by molar-refractivity contribution is 7.14. The molecule has 6 nitrogen and oxygen atoms in total. The summed E-state index contributed by atoms with van der Waals surface area (Å²) in [6.45, 7) is 8.21. The second-order valence-electron chi connectivity index (χ2n) is 6.45. The zero-order chi connectivity index (χ0) is 18.9. The molecular weight excluding hydrogens is 358 g/mol. The second kappa shape index (κ2) is 10.2. The van der Waals surface area contributed by atoms with E-state index in [-0.39, 0.29) is 0 Å². The number of hydrogen-bond donors (Lipinski definition) is 2. The Kier molecular flexibility index (Phi) is 7.33. The molecule has 0 spiro atoms. The summed E-state index contributed by atoms with van der Waals surface area (Å²) < 4.78 is 5.60. The van der Waals surface area contributed by atoms with Gasteiger partial charge in [-0.3, -0.25) is 0 Å². The van der Waals surface area contributed by atoms with Crippen molar-refractivity contribution in [3.8, 4) is 5.88 Å². The van der Waals surface area contributed by atoms with Gasteiger partial charge in [0, 0.05) is 37.4 Å². The highest BCUT2D eigenvalue weighted by atomic mass is 32.1. The Hall–Kier alpha value is -2.28. The third-order valence-electron chi connectivity index (χ3n) is 4.54. The summed E-state index contributed by atoms with van der Waals surface area (Å²) in [5.41, 5.74) is 1.00. The van der Waals surface area contributed by atoms with Crippen LogP contribution in [0.5, 0.6) is 5.88 Å². The Morgan fingerprint density at radius 3 is 2.85 bits per heavy atom. The van der Waals surface area contributed by atoms with E-state index in [1.807, 2.05) is 30.4 Å². The first-order valence-corrected chi connectivity index (χ1v) is 10.6. The van der Waals surface area contributed by atoms with E-state index in [1.165, 1.54) is 5.00 Å². The summed E-state index contributed by atoms with van der Waals surface area (Å²) in [7, 11) is 0. The van der Waals surface area contributed by atoms with Crippen molar-refractivity contribution >= 4 is 22.3 Å². The van der Waals surface area contributed by atoms with Gasteiger partial charge in [-0.15, -0.1) is 11.3 Å². The van der Waals surface area contributed by atoms with Crippen LogP contribution in [0.2, 0.25) is 0 Å². The molecule has 1 aliphatic rings. The molecule has 1 saturated heterocycles. The average Bonchev–Trinajstić information content (AvgIpc) is 3.23. The van der Waals surface area contributed by atoms with Crippen LogP contribution in [0, 0.1) is 0 Å². The van der Waals surface area contributed by atoms with Gasteiger partial charge in [0.2, 0.25) is 5.88 Å². The Labute approximate surface area is 165 Å². The SMILES string of the molecule is CCNC(=NCc1cccnc1OCC)NC1CCN(c2cccs2)CC1. The number of nitrogens with one attached hydrogen (secondary N) is 2. The monoisotopic (exact) mass is 387 g/mol. The van der Waals surface area contributed by atoms with Crippen LogP contribution >= 0.6 is 11.3 Å². The van der Waals surface area contributed by atoms with Crippen LogP contribution in [0.1, 0.15) is 32.3 Å². The lowest BCUT2D eigenvalue weighted by Gasteiger charge is -2.33. The van der Waals surface area contributed by atoms with Gasteiger partial charge in [0.1, 0.15) is 0 Å². The average molecular weight is 388 g/mol. The number of hydrogen-bond acceptors (Lipinski definition) is 5. The lowest BCUT2D eigenvalue weighted by Crippen LogP contribution is -2.48. The summed E-state index contributed by atoms with van der Waals surface area (Å²) in [6, 6.07) is 8.71. The summed E-state index contributed by atoms with van der Waals surface area (Å²) in [5, 5.41) is 10.5. The molecule has 3 heterocycles. The Balaban J connectivity index is 1.57. The van der Waals surface area contributed by atoms with Crippen LogP contribution < -0.4 is 20.3 Å². The Bertz CT molecular complexity index is 711. The van der Waals surface area contributed by atoms with Gasteiger partial charge in [0.05, 0.1) is 18.2 Å². The molecule has 3 rings (SSSR count). The van der Waals surface area contributed by atoms with Crippen molar-refractivity contribution < 1.29 is 4.74 Å². The Morgan fingerprint density at radius 1 is 1.30 bits per heavy atom. The fourth-order valence-electron chi connectivity index (χ4n) is 3.18. The van der Waals surface area contributed by atoms with Gasteiger partial charge in [0.15, 0.2) is 5.96 Å². The smallest absolute Gasteiger partial charge is 0.218 e. The number of ether oxygens (including phenoxy) is 1. The molecule has 27 heavy (non-hydrogen) atoms. The maximum atomic E-state index is 5.60. The van der Waals surface area contributed by atoms with Crippen LogP contribution in [0.25, 0.3) is 0 Å². The minimum atomic E-state index is 0.444. The number of aromatic nitrogens is 1. The molecule has 0 amide bonds. The van der Waals surface area contributed by atoms with Gasteiger partial charge in [-0.25, -0.2) is 9.98 Å². The number of piperidine rings is 1. The topological polar surface area (TPSA) is 61.8 Å². The first-order chi connectivity index (χ1) is 13.3. The third-order valence-corrected chi connectivity index (χ3v) is 5.47. The predicted octanol–water partition coefficient (Wildman–Crippen LogP) is 3.27. The van der Waals surface area contributed by atoms with Gasteiger partial charge in [-0.1, -0.05) is 6.07 Å². The van der Waals surface area contributed by atoms with Crippen molar-refractivity contribution in [2.75, 3.05) is 31.1 Å². The van der Waals surface area contributed by atoms with Crippen molar-refractivity contribution in [2.45, 2.75) is 39.3 Å². The minimum absolute atomic E-state index is 0.444. The van der Waals surface area contributed by atoms with E-state index in [2.05, 4.69) is 45.0 Å². The molecule has 0 radical (unpaired) electrons. The van der Waals surface area contributed by atoms with Crippen LogP contribution in [0.4, 0.5) is 5.00 Å². The molecule has 0 aromatic carbocycles. The summed E-state index contributed by atoms with van der Waals surface area (Å²) in [4.78, 5) is 11.5. The lowest BCUT2D eigenvalue weighted by atomic mass is 10.1. The molecule has 0 aliphatic carbocycles. The molecule has 2 N–H and O–H groups in total. The predicted molar refractivity (Wildman–Crippen MR) is 113 cm³/mol. The molecule has 2 aromatic heterocycles. The van der Waals surface area contributed by atoms with Crippen LogP contribution in [-0.2, 0) is 6.54 Å². The lowest BCUT2D eigenvalue weighted by molar-refractivity contribution is 0.323. The number of aliphatic imine (C=N–C) groups is 1. The fourth-order valence-corrected chi connectivity index (χ4v) is 3.97. The van der Waals surface area contributed by atoms with Gasteiger partial charge >= 0.3 is 0 Å².